The maximum Gasteiger partial charge on any atom is 0.332 e. The van der Waals surface area contributed by atoms with E-state index in [0.29, 0.717) is 11.4 Å². The summed E-state index contributed by atoms with van der Waals surface area (Å²) in [5.41, 5.74) is 0. The molecule has 0 aromatic carbocycles. The van der Waals surface area contributed by atoms with E-state index in [0.717, 1.165) is 0 Å². The molecule has 0 aromatic rings. The van der Waals surface area contributed by atoms with E-state index in [1.54, 1.807) is 14.0 Å². The summed E-state index contributed by atoms with van der Waals surface area (Å²) in [5, 5.41) is 1.84. The summed E-state index contributed by atoms with van der Waals surface area (Å²) >= 11 is 0. The molecule has 1 aliphatic heterocycles. The highest BCUT2D eigenvalue weighted by Crippen LogP contribution is 2.08. The number of rotatable bonds is 3. The molecule has 1 rings (SSSR count). The third-order valence-corrected chi connectivity index (χ3v) is 2.45. The molecule has 1 N–H and O–H groups in total. The third-order valence-electron chi connectivity index (χ3n) is 2.45. The van der Waals surface area contributed by atoms with Crippen molar-refractivity contribution in [2.75, 3.05) is 13.6 Å². The lowest BCUT2D eigenvalue weighted by Crippen LogP contribution is -2.48. The Morgan fingerprint density at radius 2 is 2.00 bits per heavy atom. The standard InChI is InChI=1S/C9H13N3O4/c1-4-11(3)7(14)5(2)12-8(15)6(13)10-9(12)16/h5H,4H2,1-3H3,(H,10,13,16). The fraction of sp³-hybridized carbons (Fsp3) is 0.556. The van der Waals surface area contributed by atoms with Gasteiger partial charge in [-0.2, -0.15) is 0 Å². The lowest BCUT2D eigenvalue weighted by atomic mass is 10.2. The Morgan fingerprint density at radius 1 is 1.44 bits per heavy atom. The van der Waals surface area contributed by atoms with Gasteiger partial charge < -0.3 is 4.90 Å². The van der Waals surface area contributed by atoms with Crippen molar-refractivity contribution < 1.29 is 19.2 Å². The highest BCUT2D eigenvalue weighted by molar-refractivity contribution is 6.45. The van der Waals surface area contributed by atoms with Crippen LogP contribution in [0.1, 0.15) is 13.8 Å². The van der Waals surface area contributed by atoms with Crippen molar-refractivity contribution in [3.05, 3.63) is 0 Å². The molecule has 7 heteroatoms. The first-order chi connectivity index (χ1) is 7.40. The summed E-state index contributed by atoms with van der Waals surface area (Å²) in [6, 6.07) is -1.82. The van der Waals surface area contributed by atoms with Crippen LogP contribution in [0.25, 0.3) is 0 Å². The second-order valence-electron chi connectivity index (χ2n) is 3.46. The van der Waals surface area contributed by atoms with Gasteiger partial charge in [0.2, 0.25) is 5.91 Å². The van der Waals surface area contributed by atoms with Crippen LogP contribution < -0.4 is 5.32 Å². The van der Waals surface area contributed by atoms with Crippen molar-refractivity contribution in [1.29, 1.82) is 0 Å². The van der Waals surface area contributed by atoms with Gasteiger partial charge in [-0.1, -0.05) is 0 Å². The number of urea groups is 1. The van der Waals surface area contributed by atoms with Crippen LogP contribution in [0.5, 0.6) is 0 Å². The van der Waals surface area contributed by atoms with Gasteiger partial charge >= 0.3 is 17.8 Å². The van der Waals surface area contributed by atoms with E-state index < -0.39 is 23.9 Å². The van der Waals surface area contributed by atoms with Gasteiger partial charge in [0.05, 0.1) is 0 Å². The minimum atomic E-state index is -0.996. The first kappa shape index (κ1) is 12.2. The topological polar surface area (TPSA) is 86.8 Å². The molecule has 0 spiro atoms. The zero-order chi connectivity index (χ0) is 12.5. The zero-order valence-electron chi connectivity index (χ0n) is 9.31. The summed E-state index contributed by atoms with van der Waals surface area (Å²) in [7, 11) is 1.55. The van der Waals surface area contributed by atoms with Crippen LogP contribution in [-0.2, 0) is 14.4 Å². The highest BCUT2D eigenvalue weighted by Gasteiger charge is 2.42. The first-order valence-electron chi connectivity index (χ1n) is 4.83. The molecule has 88 valence electrons. The van der Waals surface area contributed by atoms with Crippen LogP contribution in [0.4, 0.5) is 4.79 Å². The molecular formula is C9H13N3O4. The van der Waals surface area contributed by atoms with E-state index in [1.807, 2.05) is 5.32 Å². The molecule has 7 nitrogen and oxygen atoms in total. The maximum atomic E-state index is 11.7. The van der Waals surface area contributed by atoms with E-state index in [4.69, 9.17) is 0 Å². The molecule has 1 fully saturated rings. The number of nitrogens with one attached hydrogen (secondary N) is 1. The van der Waals surface area contributed by atoms with Gasteiger partial charge in [-0.05, 0) is 13.8 Å². The quantitative estimate of drug-likeness (QED) is 0.491. The lowest BCUT2D eigenvalue weighted by Gasteiger charge is -2.24. The molecule has 0 bridgehead atoms. The fourth-order valence-electron chi connectivity index (χ4n) is 1.35. The van der Waals surface area contributed by atoms with Gasteiger partial charge in [0.15, 0.2) is 0 Å². The molecule has 0 radical (unpaired) electrons. The predicted octanol–water partition coefficient (Wildman–Crippen LogP) is -1.07. The second-order valence-corrected chi connectivity index (χ2v) is 3.46. The Balaban J connectivity index is 2.85. The molecule has 5 amide bonds. The average Bonchev–Trinajstić information content (AvgIpc) is 2.50. The largest absolute Gasteiger partial charge is 0.344 e. The average molecular weight is 227 g/mol. The number of imide groups is 2. The molecule has 0 saturated carbocycles. The summed E-state index contributed by atoms with van der Waals surface area (Å²) in [5.74, 6) is -2.38. The van der Waals surface area contributed by atoms with Gasteiger partial charge in [0.1, 0.15) is 6.04 Å². The van der Waals surface area contributed by atoms with Crippen molar-refractivity contribution in [3.8, 4) is 0 Å². The number of carbonyl (C=O) groups is 4. The summed E-state index contributed by atoms with van der Waals surface area (Å²) in [6.45, 7) is 3.63. The normalized spacial score (nSPS) is 17.4. The molecule has 1 heterocycles. The van der Waals surface area contributed by atoms with Gasteiger partial charge in [0.25, 0.3) is 0 Å². The van der Waals surface area contributed by atoms with Crippen molar-refractivity contribution >= 4 is 23.8 Å². The minimum absolute atomic E-state index is 0.388. The van der Waals surface area contributed by atoms with Gasteiger partial charge in [-0.25, -0.2) is 9.69 Å². The Hall–Kier alpha value is -1.92. The van der Waals surface area contributed by atoms with E-state index >= 15 is 0 Å². The van der Waals surface area contributed by atoms with Gasteiger partial charge in [-0.15, -0.1) is 0 Å². The lowest BCUT2D eigenvalue weighted by molar-refractivity contribution is -0.144. The van der Waals surface area contributed by atoms with Crippen molar-refractivity contribution in [1.82, 2.24) is 15.1 Å². The van der Waals surface area contributed by atoms with Crippen LogP contribution in [0.15, 0.2) is 0 Å². The van der Waals surface area contributed by atoms with Crippen molar-refractivity contribution in [3.63, 3.8) is 0 Å². The summed E-state index contributed by atoms with van der Waals surface area (Å²) < 4.78 is 0. The van der Waals surface area contributed by atoms with E-state index in [2.05, 4.69) is 0 Å². The molecule has 1 aliphatic rings. The Kier molecular flexibility index (Phi) is 3.26. The maximum absolute atomic E-state index is 11.7. The van der Waals surface area contributed by atoms with E-state index in [-0.39, 0.29) is 5.91 Å². The SMILES string of the molecule is CCN(C)C(=O)C(C)N1C(=O)NC(=O)C1=O. The highest BCUT2D eigenvalue weighted by atomic mass is 16.2. The number of likely N-dealkylation sites (N-methyl/N-ethyl adjacent to an activating group) is 1. The van der Waals surface area contributed by atoms with Crippen LogP contribution >= 0.6 is 0 Å². The number of carbonyl (C=O) groups excluding carboxylic acids is 4. The first-order valence-corrected chi connectivity index (χ1v) is 4.83. The molecule has 1 atom stereocenters. The van der Waals surface area contributed by atoms with Crippen LogP contribution in [0, 0.1) is 0 Å². The van der Waals surface area contributed by atoms with Crippen LogP contribution in [-0.4, -0.2) is 53.2 Å². The monoisotopic (exact) mass is 227 g/mol. The summed E-state index contributed by atoms with van der Waals surface area (Å²) in [6.07, 6.45) is 0. The zero-order valence-corrected chi connectivity index (χ0v) is 9.31. The molecule has 1 saturated heterocycles. The number of hydrogen-bond donors (Lipinski definition) is 1. The molecular weight excluding hydrogens is 214 g/mol. The van der Waals surface area contributed by atoms with Crippen LogP contribution in [0.3, 0.4) is 0 Å². The Labute approximate surface area is 92.4 Å². The minimum Gasteiger partial charge on any atom is -0.344 e. The smallest absolute Gasteiger partial charge is 0.332 e. The fourth-order valence-corrected chi connectivity index (χ4v) is 1.35. The van der Waals surface area contributed by atoms with Crippen molar-refractivity contribution in [2.24, 2.45) is 0 Å². The molecule has 16 heavy (non-hydrogen) atoms. The van der Waals surface area contributed by atoms with Gasteiger partial charge in [-0.3, -0.25) is 19.7 Å². The number of amides is 5. The Morgan fingerprint density at radius 3 is 2.38 bits per heavy atom. The third kappa shape index (κ3) is 1.88. The number of hydrogen-bond acceptors (Lipinski definition) is 4. The molecule has 0 aliphatic carbocycles. The van der Waals surface area contributed by atoms with E-state index in [9.17, 15) is 19.2 Å². The Bertz CT molecular complexity index is 366. The number of nitrogens with zero attached hydrogens (tertiary/aromatic N) is 2. The summed E-state index contributed by atoms with van der Waals surface area (Å²) in [4.78, 5) is 47.2. The second kappa shape index (κ2) is 4.30. The van der Waals surface area contributed by atoms with E-state index in [1.165, 1.54) is 11.8 Å². The van der Waals surface area contributed by atoms with Crippen molar-refractivity contribution in [2.45, 2.75) is 19.9 Å². The molecule has 1 unspecified atom stereocenters. The molecule has 0 aromatic heterocycles. The predicted molar refractivity (Wildman–Crippen MR) is 53.2 cm³/mol. The van der Waals surface area contributed by atoms with Crippen LogP contribution in [0.2, 0.25) is 0 Å². The van der Waals surface area contributed by atoms with Gasteiger partial charge in [0, 0.05) is 13.6 Å².